The minimum absolute atomic E-state index is 0. The van der Waals surface area contributed by atoms with E-state index in [0.29, 0.717) is 95.6 Å². The Kier molecular flexibility index (Phi) is 24.0. The summed E-state index contributed by atoms with van der Waals surface area (Å²) >= 11 is -0.826. The molecule has 9 aromatic carbocycles. The van der Waals surface area contributed by atoms with Crippen molar-refractivity contribution in [2.75, 3.05) is 38.0 Å². The number of anilines is 2. The molecule has 0 aliphatic heterocycles. The third kappa shape index (κ3) is 16.5. The van der Waals surface area contributed by atoms with Crippen molar-refractivity contribution in [3.63, 3.8) is 0 Å². The molecule has 12 aromatic rings. The van der Waals surface area contributed by atoms with Crippen molar-refractivity contribution in [2.24, 2.45) is 0 Å². The molecule has 94 heavy (non-hydrogen) atoms. The number of nitrogens with zero attached hydrogens (tertiary/aromatic N) is 7. The van der Waals surface area contributed by atoms with Crippen LogP contribution in [-0.2, 0) is 10.0 Å². The Morgan fingerprint density at radius 1 is 0.468 bits per heavy atom. The number of para-hydroxylation sites is 9. The molecule has 0 spiro atoms. The quantitative estimate of drug-likeness (QED) is 0.0418. The van der Waals surface area contributed by atoms with Crippen molar-refractivity contribution >= 4 is 133 Å². The minimum atomic E-state index is -3.54. The van der Waals surface area contributed by atoms with Crippen LogP contribution in [0.1, 0.15) is 34.2 Å². The predicted octanol–water partition coefficient (Wildman–Crippen LogP) is 12.7. The number of ether oxygens (including phenoxy) is 3. The van der Waals surface area contributed by atoms with Crippen molar-refractivity contribution in [3.8, 4) is 34.3 Å². The monoisotopic (exact) mass is 1420 g/mol. The molecule has 474 valence electrons. The van der Waals surface area contributed by atoms with Crippen molar-refractivity contribution in [3.05, 3.63) is 294 Å². The molecule has 24 heteroatoms. The second kappa shape index (κ2) is 32.5. The number of nitrogens with two attached hydrogens (primary N) is 1. The van der Waals surface area contributed by atoms with E-state index in [1.54, 1.807) is 121 Å². The predicted molar refractivity (Wildman–Crippen MR) is 378 cm³/mol. The summed E-state index contributed by atoms with van der Waals surface area (Å²) in [6, 6.07) is 65.0. The zero-order chi connectivity index (χ0) is 66.0. The van der Waals surface area contributed by atoms with Gasteiger partial charge in [-0.05, 0) is 134 Å². The average Bonchev–Trinajstić information content (AvgIpc) is 0.824. The Morgan fingerprint density at radius 2 is 0.787 bits per heavy atom. The number of benzene rings is 9. The maximum atomic E-state index is 13.3. The summed E-state index contributed by atoms with van der Waals surface area (Å²) in [4.78, 5) is 64.7. The molecule has 3 heterocycles. The van der Waals surface area contributed by atoms with Gasteiger partial charge in [-0.15, -0.1) is 0 Å². The van der Waals surface area contributed by atoms with E-state index in [1.165, 1.54) is 29.4 Å². The van der Waals surface area contributed by atoms with Gasteiger partial charge in [0.2, 0.25) is 10.0 Å². The standard InChI is InChI=1S/C24H21N3O4S.C23H17N3O4.C23H19N3O2.2ClH.H2O.Sn/c1-31-21-14-8-9-17(23(21)26-32(2,29)30)15-16-22-25-20-13-7-6-12-19(20)24(28)27(22)18-10-4-3-5-11-18;1-30-20-13-7-8-16(22(20)26(28)29)14-15-21-24-19-12-6-5-11-18(19)23(27)25(21)17-9-3-2-4-10-17;1-28-20-13-7-8-16(22(20)24)14-15-21-25-19-12-6-5-11-18(19)23(27)26(21)17-9-3-2-4-10-17;;;;/h3-16,26H,1-2H3;2-15H,1H3;2-15H,24H2,1H3;2*1H;1H2;/q;;;;;;+2/p-2/b16-15+;2*15-14+;;;;. The van der Waals surface area contributed by atoms with Gasteiger partial charge in [0.05, 0.1) is 99.2 Å². The first-order valence-electron chi connectivity index (χ1n) is 28.2. The van der Waals surface area contributed by atoms with Gasteiger partial charge in [-0.2, -0.15) is 0 Å². The van der Waals surface area contributed by atoms with E-state index in [9.17, 15) is 32.9 Å². The molecule has 20 nitrogen and oxygen atoms in total. The Hall–Kier alpha value is -10.7. The summed E-state index contributed by atoms with van der Waals surface area (Å²) in [6.07, 6.45) is 11.3. The number of hydrogen-bond donors (Lipinski definition) is 2. The molecule has 0 saturated carbocycles. The average molecular weight is 1420 g/mol. The molecule has 0 saturated heterocycles. The number of rotatable bonds is 15. The van der Waals surface area contributed by atoms with Crippen LogP contribution in [0.3, 0.4) is 0 Å². The molecule has 0 amide bonds. The molecule has 0 aliphatic rings. The summed E-state index contributed by atoms with van der Waals surface area (Å²) in [7, 11) is 10.8. The number of aromatic nitrogens is 6. The zero-order valence-electron chi connectivity index (χ0n) is 50.7. The Balaban J connectivity index is 0.000000176. The summed E-state index contributed by atoms with van der Waals surface area (Å²) in [5, 5.41) is 13.1. The van der Waals surface area contributed by atoms with Crippen molar-refractivity contribution in [2.45, 2.75) is 0 Å². The molecule has 0 unspecified atom stereocenters. The van der Waals surface area contributed by atoms with Crippen molar-refractivity contribution in [1.29, 1.82) is 0 Å². The third-order valence-electron chi connectivity index (χ3n) is 14.0. The number of hydrogen-bond acceptors (Lipinski definition) is 14. The van der Waals surface area contributed by atoms with Gasteiger partial charge >= 0.3 is 42.4 Å². The van der Waals surface area contributed by atoms with Crippen LogP contribution in [0.5, 0.6) is 17.2 Å². The number of nitrogen functional groups attached to an aromatic ring is 1. The van der Waals surface area contributed by atoms with Gasteiger partial charge in [-0.3, -0.25) is 42.9 Å². The molecule has 3 aromatic heterocycles. The van der Waals surface area contributed by atoms with E-state index in [-0.39, 0.29) is 33.6 Å². The van der Waals surface area contributed by atoms with Crippen LogP contribution in [0.25, 0.3) is 86.2 Å². The molecule has 0 atom stereocenters. The van der Waals surface area contributed by atoms with E-state index in [2.05, 4.69) is 14.7 Å². The number of fused-ring (bicyclic) bond motifs is 3. The normalized spacial score (nSPS) is 11.0. The van der Waals surface area contributed by atoms with Crippen LogP contribution in [0.2, 0.25) is 0 Å². The fourth-order valence-electron chi connectivity index (χ4n) is 9.83. The van der Waals surface area contributed by atoms with E-state index < -0.39 is 33.8 Å². The molecule has 2 radical (unpaired) electrons. The van der Waals surface area contributed by atoms with Gasteiger partial charge < -0.3 is 25.4 Å². The third-order valence-corrected chi connectivity index (χ3v) is 14.6. The zero-order valence-corrected chi connectivity index (χ0v) is 55.9. The van der Waals surface area contributed by atoms with Crippen molar-refractivity contribution in [1.82, 2.24) is 28.7 Å². The molecular formula is C70H59Cl2N9O11SSn. The number of nitro groups is 1. The summed E-state index contributed by atoms with van der Waals surface area (Å²) in [6.45, 7) is 0. The number of methoxy groups -OCH3 is 3. The number of halogens is 2. The van der Waals surface area contributed by atoms with Gasteiger partial charge in [0.15, 0.2) is 5.75 Å². The number of nitro benzene ring substituents is 1. The van der Waals surface area contributed by atoms with Gasteiger partial charge in [-0.25, -0.2) is 23.4 Å². The first-order valence-corrected chi connectivity index (χ1v) is 37.3. The number of sulfonamides is 1. The molecule has 12 rings (SSSR count). The van der Waals surface area contributed by atoms with Crippen molar-refractivity contribution < 1.29 is 33.0 Å². The molecule has 0 aliphatic carbocycles. The molecular weight excluding hydrogens is 1360 g/mol. The summed E-state index contributed by atoms with van der Waals surface area (Å²) in [5.41, 5.74) is 11.9. The van der Waals surface area contributed by atoms with Crippen LogP contribution < -0.4 is 41.3 Å². The first kappa shape index (κ1) is 69.2. The Bertz CT molecular complexity index is 5080. The Morgan fingerprint density at radius 3 is 1.16 bits per heavy atom. The summed E-state index contributed by atoms with van der Waals surface area (Å²) in [5.74, 6) is 2.44. The summed E-state index contributed by atoms with van der Waals surface area (Å²) < 4.78 is 46.6. The fourth-order valence-corrected chi connectivity index (χ4v) is 10.4. The van der Waals surface area contributed by atoms with E-state index in [1.807, 2.05) is 140 Å². The SMILES string of the molecule is COc1cccc(/C=C/c2nc3ccccc3c(=O)n2-c2ccccc2)c1N.COc1cccc(/C=C/c2nc3ccccc3c(=O)n2-c2ccccc2)c1NS(C)(=O)=O.COc1cccc(/C=C/c2nc3ccccc3c(=O)n2-c2ccccc2)c1[N+](=O)[O-].O.[Cl][Sn][Cl]. The Labute approximate surface area is 556 Å². The van der Waals surface area contributed by atoms with Crippen LogP contribution in [0.15, 0.2) is 233 Å². The fraction of sp³-hybridized carbons (Fsp3) is 0.0571. The first-order chi connectivity index (χ1) is 45.1. The second-order valence-electron chi connectivity index (χ2n) is 19.9. The van der Waals surface area contributed by atoms with E-state index >= 15 is 0 Å². The van der Waals surface area contributed by atoms with Crippen LogP contribution in [-0.4, -0.2) is 93.9 Å². The molecule has 0 fully saturated rings. The van der Waals surface area contributed by atoms with Gasteiger partial charge in [-0.1, -0.05) is 121 Å². The van der Waals surface area contributed by atoms with Gasteiger partial charge in [0.1, 0.15) is 29.0 Å². The van der Waals surface area contributed by atoms with E-state index in [0.717, 1.165) is 17.5 Å². The number of nitrogens with one attached hydrogen (secondary N) is 1. The second-order valence-corrected chi connectivity index (χ2v) is 25.9. The topological polar surface area (TPSA) is 279 Å². The molecule has 5 N–H and O–H groups in total. The van der Waals surface area contributed by atoms with Gasteiger partial charge in [0.25, 0.3) is 16.7 Å². The van der Waals surface area contributed by atoms with E-state index in [4.69, 9.17) is 42.8 Å². The molecule has 0 bridgehead atoms. The van der Waals surface area contributed by atoms with Crippen LogP contribution >= 0.6 is 17.8 Å². The van der Waals surface area contributed by atoms with Gasteiger partial charge in [0, 0.05) is 11.1 Å². The van der Waals surface area contributed by atoms with Crippen LogP contribution in [0, 0.1) is 10.1 Å². The maximum absolute atomic E-state index is 13.3. The van der Waals surface area contributed by atoms with Crippen LogP contribution in [0.4, 0.5) is 17.1 Å².